The Morgan fingerprint density at radius 2 is 1.76 bits per heavy atom. The van der Waals surface area contributed by atoms with Gasteiger partial charge in [0.2, 0.25) is 0 Å². The van der Waals surface area contributed by atoms with Gasteiger partial charge in [0.25, 0.3) is 0 Å². The van der Waals surface area contributed by atoms with Crippen molar-refractivity contribution in [1.82, 2.24) is 4.90 Å². The monoisotopic (exact) mass is 246 g/mol. The number of nitrogen functional groups attached to an aromatic ring is 1. The number of hydrogen-bond donors (Lipinski definition) is 1. The Bertz CT molecular complexity index is 371. The van der Waals surface area contributed by atoms with E-state index in [1.807, 2.05) is 18.7 Å². The molecule has 0 aliphatic heterocycles. The van der Waals surface area contributed by atoms with Crippen molar-refractivity contribution in [1.29, 1.82) is 0 Å². The van der Waals surface area contributed by atoms with Crippen LogP contribution >= 0.6 is 0 Å². The molecule has 2 N–H and O–H groups in total. The first kappa shape index (κ1) is 13.8. The molecule has 96 valence electrons. The van der Waals surface area contributed by atoms with Crippen molar-refractivity contribution in [3.8, 4) is 0 Å². The highest BCUT2D eigenvalue weighted by Gasteiger charge is 2.33. The minimum Gasteiger partial charge on any atom is -0.398 e. The van der Waals surface area contributed by atoms with E-state index in [-0.39, 0.29) is 5.69 Å². The smallest absolute Gasteiger partial charge is 0.398 e. The minimum atomic E-state index is -4.39. The number of hydrogen-bond acceptors (Lipinski definition) is 2. The minimum absolute atomic E-state index is 0.160. The lowest BCUT2D eigenvalue weighted by atomic mass is 10.1. The lowest BCUT2D eigenvalue weighted by Gasteiger charge is -2.20. The Labute approximate surface area is 99.2 Å². The zero-order valence-corrected chi connectivity index (χ0v) is 10.0. The SMILES string of the molecule is CCN(CC)Cc1cccc(C(F)(F)F)c1N. The molecule has 0 saturated carbocycles. The van der Waals surface area contributed by atoms with E-state index in [4.69, 9.17) is 5.73 Å². The van der Waals surface area contributed by atoms with Gasteiger partial charge >= 0.3 is 6.18 Å². The van der Waals surface area contributed by atoms with Gasteiger partial charge in [-0.25, -0.2) is 0 Å². The zero-order valence-electron chi connectivity index (χ0n) is 10.0. The van der Waals surface area contributed by atoms with Crippen LogP contribution in [0.4, 0.5) is 18.9 Å². The Balaban J connectivity index is 3.02. The molecule has 0 unspecified atom stereocenters. The van der Waals surface area contributed by atoms with E-state index in [1.54, 1.807) is 6.07 Å². The molecular formula is C12H17F3N2. The molecule has 0 radical (unpaired) electrons. The van der Waals surface area contributed by atoms with Crippen molar-refractivity contribution in [2.45, 2.75) is 26.6 Å². The number of nitrogens with zero attached hydrogens (tertiary/aromatic N) is 1. The molecule has 5 heteroatoms. The maximum absolute atomic E-state index is 12.6. The quantitative estimate of drug-likeness (QED) is 0.827. The highest BCUT2D eigenvalue weighted by Crippen LogP contribution is 2.35. The second-order valence-electron chi connectivity index (χ2n) is 3.84. The third-order valence-corrected chi connectivity index (χ3v) is 2.79. The maximum atomic E-state index is 12.6. The third kappa shape index (κ3) is 3.36. The van der Waals surface area contributed by atoms with Crippen LogP contribution in [-0.2, 0) is 12.7 Å². The van der Waals surface area contributed by atoms with Crippen molar-refractivity contribution >= 4 is 5.69 Å². The summed E-state index contributed by atoms with van der Waals surface area (Å²) in [4.78, 5) is 2.02. The predicted octanol–water partition coefficient (Wildman–Crippen LogP) is 3.13. The van der Waals surface area contributed by atoms with Crippen LogP contribution in [0.25, 0.3) is 0 Å². The van der Waals surface area contributed by atoms with Gasteiger partial charge in [-0.3, -0.25) is 4.90 Å². The van der Waals surface area contributed by atoms with Gasteiger partial charge in [0, 0.05) is 12.2 Å². The van der Waals surface area contributed by atoms with E-state index in [0.717, 1.165) is 19.2 Å². The molecule has 1 aromatic rings. The van der Waals surface area contributed by atoms with Crippen molar-refractivity contribution in [2.75, 3.05) is 18.8 Å². The Hall–Kier alpha value is -1.23. The van der Waals surface area contributed by atoms with Gasteiger partial charge in [-0.2, -0.15) is 13.2 Å². The second-order valence-corrected chi connectivity index (χ2v) is 3.84. The molecule has 2 nitrogen and oxygen atoms in total. The molecule has 0 aromatic heterocycles. The maximum Gasteiger partial charge on any atom is 0.418 e. The summed E-state index contributed by atoms with van der Waals surface area (Å²) in [5.41, 5.74) is 5.20. The summed E-state index contributed by atoms with van der Waals surface area (Å²) in [6.07, 6.45) is -4.39. The highest BCUT2D eigenvalue weighted by atomic mass is 19.4. The first-order valence-corrected chi connectivity index (χ1v) is 5.57. The van der Waals surface area contributed by atoms with Gasteiger partial charge in [-0.1, -0.05) is 26.0 Å². The lowest BCUT2D eigenvalue weighted by Crippen LogP contribution is -2.23. The second kappa shape index (κ2) is 5.40. The molecule has 0 amide bonds. The van der Waals surface area contributed by atoms with Crippen LogP contribution in [0, 0.1) is 0 Å². The van der Waals surface area contributed by atoms with Crippen LogP contribution < -0.4 is 5.73 Å². The topological polar surface area (TPSA) is 29.3 Å². The summed E-state index contributed by atoms with van der Waals surface area (Å²) in [5.74, 6) is 0. The number of benzene rings is 1. The van der Waals surface area contributed by atoms with E-state index in [1.165, 1.54) is 6.07 Å². The van der Waals surface area contributed by atoms with E-state index in [9.17, 15) is 13.2 Å². The third-order valence-electron chi connectivity index (χ3n) is 2.79. The van der Waals surface area contributed by atoms with Crippen LogP contribution in [0.2, 0.25) is 0 Å². The molecule has 0 atom stereocenters. The Morgan fingerprint density at radius 1 is 1.18 bits per heavy atom. The van der Waals surface area contributed by atoms with Crippen LogP contribution in [0.15, 0.2) is 18.2 Å². The fraction of sp³-hybridized carbons (Fsp3) is 0.500. The van der Waals surface area contributed by atoms with E-state index >= 15 is 0 Å². The molecule has 0 aliphatic carbocycles. The van der Waals surface area contributed by atoms with Gasteiger partial charge in [0.05, 0.1) is 5.56 Å². The normalized spacial score (nSPS) is 12.1. The highest BCUT2D eigenvalue weighted by molar-refractivity contribution is 5.55. The fourth-order valence-corrected chi connectivity index (χ4v) is 1.69. The number of rotatable bonds is 4. The molecule has 0 heterocycles. The molecule has 17 heavy (non-hydrogen) atoms. The number of anilines is 1. The summed E-state index contributed by atoms with van der Waals surface area (Å²) >= 11 is 0. The summed E-state index contributed by atoms with van der Waals surface area (Å²) in [6.45, 7) is 5.95. The van der Waals surface area contributed by atoms with E-state index in [2.05, 4.69) is 0 Å². The molecule has 0 spiro atoms. The van der Waals surface area contributed by atoms with Gasteiger partial charge < -0.3 is 5.73 Å². The van der Waals surface area contributed by atoms with Crippen LogP contribution in [0.1, 0.15) is 25.0 Å². The fourth-order valence-electron chi connectivity index (χ4n) is 1.69. The molecule has 1 aromatic carbocycles. The molecule has 0 saturated heterocycles. The zero-order chi connectivity index (χ0) is 13.1. The van der Waals surface area contributed by atoms with Crippen LogP contribution in [0.5, 0.6) is 0 Å². The number of nitrogens with two attached hydrogens (primary N) is 1. The van der Waals surface area contributed by atoms with Crippen molar-refractivity contribution in [3.63, 3.8) is 0 Å². The Kier molecular flexibility index (Phi) is 4.40. The van der Waals surface area contributed by atoms with Crippen molar-refractivity contribution in [2.24, 2.45) is 0 Å². The van der Waals surface area contributed by atoms with Crippen LogP contribution in [0.3, 0.4) is 0 Å². The van der Waals surface area contributed by atoms with Crippen LogP contribution in [-0.4, -0.2) is 18.0 Å². The lowest BCUT2D eigenvalue weighted by molar-refractivity contribution is -0.136. The summed E-state index contributed by atoms with van der Waals surface area (Å²) in [7, 11) is 0. The van der Waals surface area contributed by atoms with E-state index < -0.39 is 11.7 Å². The first-order chi connectivity index (χ1) is 7.90. The first-order valence-electron chi connectivity index (χ1n) is 5.57. The molecule has 1 rings (SSSR count). The van der Waals surface area contributed by atoms with Gasteiger partial charge in [0.1, 0.15) is 0 Å². The van der Waals surface area contributed by atoms with E-state index in [0.29, 0.717) is 12.1 Å². The summed E-state index contributed by atoms with van der Waals surface area (Å²) in [6, 6.07) is 4.06. The molecule has 0 fully saturated rings. The molecular weight excluding hydrogens is 229 g/mol. The van der Waals surface area contributed by atoms with Gasteiger partial charge in [-0.05, 0) is 24.7 Å². The van der Waals surface area contributed by atoms with Crippen molar-refractivity contribution in [3.05, 3.63) is 29.3 Å². The average Bonchev–Trinajstić information content (AvgIpc) is 2.26. The Morgan fingerprint density at radius 3 is 2.24 bits per heavy atom. The molecule has 0 bridgehead atoms. The summed E-state index contributed by atoms with van der Waals surface area (Å²) < 4.78 is 37.9. The number of alkyl halides is 3. The standard InChI is InChI=1S/C12H17F3N2/c1-3-17(4-2)8-9-6-5-7-10(11(9)16)12(13,14)15/h5-7H,3-4,8,16H2,1-2H3. The average molecular weight is 246 g/mol. The number of halogens is 3. The van der Waals surface area contributed by atoms with Gasteiger partial charge in [-0.15, -0.1) is 0 Å². The van der Waals surface area contributed by atoms with Gasteiger partial charge in [0.15, 0.2) is 0 Å². The predicted molar refractivity (Wildman–Crippen MR) is 62.5 cm³/mol. The number of para-hydroxylation sites is 1. The largest absolute Gasteiger partial charge is 0.418 e. The van der Waals surface area contributed by atoms with Crippen molar-refractivity contribution < 1.29 is 13.2 Å². The molecule has 0 aliphatic rings. The summed E-state index contributed by atoms with van der Waals surface area (Å²) in [5, 5.41) is 0.